The monoisotopic (exact) mass is 211 g/mol. The summed E-state index contributed by atoms with van der Waals surface area (Å²) in [5, 5.41) is 11.2. The van der Waals surface area contributed by atoms with E-state index in [0.717, 1.165) is 6.42 Å². The molecule has 0 bridgehead atoms. The lowest BCUT2D eigenvalue weighted by atomic mass is 10.2. The first-order valence-corrected chi connectivity index (χ1v) is 4.88. The lowest BCUT2D eigenvalue weighted by Crippen LogP contribution is -2.24. The van der Waals surface area contributed by atoms with E-state index in [2.05, 4.69) is 5.32 Å². The lowest BCUT2D eigenvalue weighted by Gasteiger charge is -2.04. The molecule has 82 valence electrons. The molecular formula is C11H14FNO2. The number of benzene rings is 1. The summed E-state index contributed by atoms with van der Waals surface area (Å²) in [5.41, 5.74) is 0.319. The number of carbonyl (C=O) groups is 1. The van der Waals surface area contributed by atoms with E-state index in [1.807, 2.05) is 0 Å². The smallest absolute Gasteiger partial charge is 0.251 e. The molecule has 1 aromatic rings. The van der Waals surface area contributed by atoms with Gasteiger partial charge in [-0.2, -0.15) is 0 Å². The van der Waals surface area contributed by atoms with Crippen LogP contribution < -0.4 is 5.32 Å². The van der Waals surface area contributed by atoms with Gasteiger partial charge in [0.2, 0.25) is 0 Å². The van der Waals surface area contributed by atoms with Crippen molar-refractivity contribution in [3.63, 3.8) is 0 Å². The van der Waals surface area contributed by atoms with Crippen molar-refractivity contribution in [1.82, 2.24) is 5.32 Å². The van der Waals surface area contributed by atoms with E-state index in [1.54, 1.807) is 6.07 Å². The molecule has 0 unspecified atom stereocenters. The van der Waals surface area contributed by atoms with Gasteiger partial charge in [0.15, 0.2) is 0 Å². The molecular weight excluding hydrogens is 197 g/mol. The van der Waals surface area contributed by atoms with Crippen LogP contribution in [0.2, 0.25) is 0 Å². The summed E-state index contributed by atoms with van der Waals surface area (Å²) in [4.78, 5) is 11.4. The molecule has 0 spiro atoms. The highest BCUT2D eigenvalue weighted by molar-refractivity contribution is 5.94. The number of amides is 1. The third-order valence-corrected chi connectivity index (χ3v) is 1.96. The first-order chi connectivity index (χ1) is 7.24. The van der Waals surface area contributed by atoms with Crippen molar-refractivity contribution in [3.8, 4) is 0 Å². The van der Waals surface area contributed by atoms with Gasteiger partial charge in [-0.15, -0.1) is 0 Å². The van der Waals surface area contributed by atoms with E-state index < -0.39 is 5.82 Å². The first kappa shape index (κ1) is 11.7. The van der Waals surface area contributed by atoms with Crippen LogP contribution in [-0.4, -0.2) is 24.2 Å². The summed E-state index contributed by atoms with van der Waals surface area (Å²) in [6, 6.07) is 5.55. The average Bonchev–Trinajstić information content (AvgIpc) is 2.24. The number of hydrogen-bond acceptors (Lipinski definition) is 2. The Morgan fingerprint density at radius 2 is 2.20 bits per heavy atom. The minimum absolute atomic E-state index is 0.121. The van der Waals surface area contributed by atoms with Gasteiger partial charge in [0.1, 0.15) is 5.82 Å². The summed E-state index contributed by atoms with van der Waals surface area (Å²) in [7, 11) is 0. The number of nitrogens with one attached hydrogen (secondary N) is 1. The molecule has 3 nitrogen and oxygen atoms in total. The molecule has 0 aliphatic rings. The molecule has 15 heavy (non-hydrogen) atoms. The average molecular weight is 211 g/mol. The molecule has 1 rings (SSSR count). The van der Waals surface area contributed by atoms with Crippen molar-refractivity contribution in [2.45, 2.75) is 12.8 Å². The van der Waals surface area contributed by atoms with Crippen LogP contribution in [0.25, 0.3) is 0 Å². The number of halogens is 1. The molecule has 0 aromatic heterocycles. The fraction of sp³-hybridized carbons (Fsp3) is 0.364. The molecule has 0 heterocycles. The standard InChI is InChI=1S/C11H14FNO2/c12-10-5-3-4-9(8-10)11(15)13-6-1-2-7-14/h3-5,8,14H,1-2,6-7H2,(H,13,15). The van der Waals surface area contributed by atoms with Gasteiger partial charge in [-0.3, -0.25) is 4.79 Å². The van der Waals surface area contributed by atoms with Gasteiger partial charge in [-0.1, -0.05) is 6.07 Å². The fourth-order valence-corrected chi connectivity index (χ4v) is 1.17. The van der Waals surface area contributed by atoms with Gasteiger partial charge >= 0.3 is 0 Å². The first-order valence-electron chi connectivity index (χ1n) is 4.88. The summed E-state index contributed by atoms with van der Waals surface area (Å²) in [6.45, 7) is 0.617. The van der Waals surface area contributed by atoms with Gasteiger partial charge in [0.25, 0.3) is 5.91 Å². The highest BCUT2D eigenvalue weighted by atomic mass is 19.1. The zero-order valence-electron chi connectivity index (χ0n) is 8.37. The van der Waals surface area contributed by atoms with Crippen LogP contribution in [0.4, 0.5) is 4.39 Å². The van der Waals surface area contributed by atoms with Crippen LogP contribution in [0.3, 0.4) is 0 Å². The van der Waals surface area contributed by atoms with E-state index in [1.165, 1.54) is 18.2 Å². The highest BCUT2D eigenvalue weighted by Crippen LogP contribution is 2.03. The number of hydrogen-bond donors (Lipinski definition) is 2. The predicted octanol–water partition coefficient (Wildman–Crippen LogP) is 1.33. The van der Waals surface area contributed by atoms with Crippen LogP contribution in [0, 0.1) is 5.82 Å². The second-order valence-electron chi connectivity index (χ2n) is 3.20. The molecule has 0 aliphatic carbocycles. The number of unbranched alkanes of at least 4 members (excludes halogenated alkanes) is 1. The van der Waals surface area contributed by atoms with E-state index in [9.17, 15) is 9.18 Å². The second-order valence-corrected chi connectivity index (χ2v) is 3.20. The Bertz CT molecular complexity index is 328. The number of aliphatic hydroxyl groups is 1. The fourth-order valence-electron chi connectivity index (χ4n) is 1.17. The Labute approximate surface area is 87.9 Å². The minimum atomic E-state index is -0.419. The van der Waals surface area contributed by atoms with Gasteiger partial charge < -0.3 is 10.4 Å². The second kappa shape index (κ2) is 6.14. The van der Waals surface area contributed by atoms with Crippen molar-refractivity contribution in [3.05, 3.63) is 35.6 Å². The Morgan fingerprint density at radius 1 is 1.40 bits per heavy atom. The Morgan fingerprint density at radius 3 is 2.87 bits per heavy atom. The maximum atomic E-state index is 12.8. The van der Waals surface area contributed by atoms with Crippen molar-refractivity contribution in [2.75, 3.05) is 13.2 Å². The zero-order chi connectivity index (χ0) is 11.1. The lowest BCUT2D eigenvalue weighted by molar-refractivity contribution is 0.0951. The van der Waals surface area contributed by atoms with Gasteiger partial charge in [0, 0.05) is 18.7 Å². The molecule has 0 atom stereocenters. The largest absolute Gasteiger partial charge is 0.396 e. The summed E-state index contributed by atoms with van der Waals surface area (Å²) in [5.74, 6) is -0.703. The number of carbonyl (C=O) groups excluding carboxylic acids is 1. The third-order valence-electron chi connectivity index (χ3n) is 1.96. The van der Waals surface area contributed by atoms with Crippen molar-refractivity contribution in [2.24, 2.45) is 0 Å². The van der Waals surface area contributed by atoms with E-state index in [-0.39, 0.29) is 12.5 Å². The molecule has 0 saturated heterocycles. The van der Waals surface area contributed by atoms with E-state index in [0.29, 0.717) is 18.5 Å². The molecule has 1 aromatic carbocycles. The Hall–Kier alpha value is -1.42. The Kier molecular flexibility index (Phi) is 4.77. The van der Waals surface area contributed by atoms with E-state index >= 15 is 0 Å². The molecule has 0 aliphatic heterocycles. The molecule has 0 fully saturated rings. The topological polar surface area (TPSA) is 49.3 Å². The zero-order valence-corrected chi connectivity index (χ0v) is 8.37. The predicted molar refractivity (Wildman–Crippen MR) is 55.1 cm³/mol. The van der Waals surface area contributed by atoms with Crippen molar-refractivity contribution >= 4 is 5.91 Å². The summed E-state index contributed by atoms with van der Waals surface area (Å²) < 4.78 is 12.8. The van der Waals surface area contributed by atoms with E-state index in [4.69, 9.17) is 5.11 Å². The van der Waals surface area contributed by atoms with Crippen LogP contribution in [-0.2, 0) is 0 Å². The van der Waals surface area contributed by atoms with Crippen molar-refractivity contribution < 1.29 is 14.3 Å². The van der Waals surface area contributed by atoms with Crippen LogP contribution in [0.5, 0.6) is 0 Å². The normalized spacial score (nSPS) is 10.0. The quantitative estimate of drug-likeness (QED) is 0.722. The highest BCUT2D eigenvalue weighted by Gasteiger charge is 2.04. The summed E-state index contributed by atoms with van der Waals surface area (Å²) in [6.07, 6.45) is 1.38. The van der Waals surface area contributed by atoms with Crippen LogP contribution in [0.15, 0.2) is 24.3 Å². The number of aliphatic hydroxyl groups excluding tert-OH is 1. The summed E-state index contributed by atoms with van der Waals surface area (Å²) >= 11 is 0. The van der Waals surface area contributed by atoms with Crippen molar-refractivity contribution in [1.29, 1.82) is 0 Å². The maximum Gasteiger partial charge on any atom is 0.251 e. The van der Waals surface area contributed by atoms with Crippen LogP contribution >= 0.6 is 0 Å². The Balaban J connectivity index is 2.40. The number of rotatable bonds is 5. The molecule has 0 saturated carbocycles. The van der Waals surface area contributed by atoms with Gasteiger partial charge in [-0.25, -0.2) is 4.39 Å². The maximum absolute atomic E-state index is 12.8. The van der Waals surface area contributed by atoms with Gasteiger partial charge in [0.05, 0.1) is 0 Å². The molecule has 2 N–H and O–H groups in total. The molecule has 0 radical (unpaired) electrons. The SMILES string of the molecule is O=C(NCCCCO)c1cccc(F)c1. The molecule has 1 amide bonds. The minimum Gasteiger partial charge on any atom is -0.396 e. The van der Waals surface area contributed by atoms with Gasteiger partial charge in [-0.05, 0) is 31.0 Å². The third kappa shape index (κ3) is 4.08. The van der Waals surface area contributed by atoms with Crippen LogP contribution in [0.1, 0.15) is 23.2 Å². The molecule has 4 heteroatoms.